The first-order chi connectivity index (χ1) is 9.40. The van der Waals surface area contributed by atoms with Crippen LogP contribution in [0.5, 0.6) is 0 Å². The Balaban J connectivity index is 2.05. The largest absolute Gasteiger partial charge is 0.398 e. The zero-order chi connectivity index (χ0) is 14.8. The summed E-state index contributed by atoms with van der Waals surface area (Å²) < 4.78 is 24.8. The minimum absolute atomic E-state index is 0.0463. The van der Waals surface area contributed by atoms with Crippen LogP contribution in [0.4, 0.5) is 5.69 Å². The van der Waals surface area contributed by atoms with Crippen molar-refractivity contribution in [1.29, 1.82) is 0 Å². The standard InChI is InChI=1S/C13H20ClN3O2S/c1-16-5-7-17(8-6-16)9-10-20(18,19)13-11(14)3-2-4-12(13)15/h2-4H,5-10,15H2,1H3. The molecule has 5 nitrogen and oxygen atoms in total. The minimum atomic E-state index is -3.45. The predicted molar refractivity (Wildman–Crippen MR) is 81.9 cm³/mol. The molecule has 2 rings (SSSR count). The van der Waals surface area contributed by atoms with Gasteiger partial charge < -0.3 is 10.6 Å². The van der Waals surface area contributed by atoms with Gasteiger partial charge in [-0.2, -0.15) is 0 Å². The van der Waals surface area contributed by atoms with Crippen molar-refractivity contribution in [2.75, 3.05) is 51.3 Å². The lowest BCUT2D eigenvalue weighted by Gasteiger charge is -2.32. The maximum atomic E-state index is 12.4. The van der Waals surface area contributed by atoms with E-state index in [4.69, 9.17) is 17.3 Å². The van der Waals surface area contributed by atoms with E-state index < -0.39 is 9.84 Å². The summed E-state index contributed by atoms with van der Waals surface area (Å²) in [4.78, 5) is 4.46. The number of anilines is 1. The summed E-state index contributed by atoms with van der Waals surface area (Å²) in [5.41, 5.74) is 5.97. The second-order valence-electron chi connectivity index (χ2n) is 5.12. The van der Waals surface area contributed by atoms with Gasteiger partial charge in [0.2, 0.25) is 0 Å². The molecule has 0 unspecified atom stereocenters. The first kappa shape index (κ1) is 15.6. The average molecular weight is 318 g/mol. The lowest BCUT2D eigenvalue weighted by molar-refractivity contribution is 0.161. The topological polar surface area (TPSA) is 66.6 Å². The molecule has 0 radical (unpaired) electrons. The summed E-state index contributed by atoms with van der Waals surface area (Å²) in [5, 5.41) is 0.198. The fourth-order valence-corrected chi connectivity index (χ4v) is 4.31. The van der Waals surface area contributed by atoms with Crippen LogP contribution in [0.1, 0.15) is 0 Å². The van der Waals surface area contributed by atoms with Gasteiger partial charge in [0.25, 0.3) is 0 Å². The van der Waals surface area contributed by atoms with Crippen molar-refractivity contribution in [1.82, 2.24) is 9.80 Å². The number of halogens is 1. The number of sulfone groups is 1. The summed E-state index contributed by atoms with van der Waals surface area (Å²) in [6.45, 7) is 4.23. The summed E-state index contributed by atoms with van der Waals surface area (Å²) in [5.74, 6) is 0.0463. The number of hydrogen-bond donors (Lipinski definition) is 1. The van der Waals surface area contributed by atoms with E-state index in [0.717, 1.165) is 26.2 Å². The fourth-order valence-electron chi connectivity index (χ4n) is 2.28. The number of piperazine rings is 1. The first-order valence-corrected chi connectivity index (χ1v) is 8.61. The fraction of sp³-hybridized carbons (Fsp3) is 0.538. The number of nitrogens with zero attached hydrogens (tertiary/aromatic N) is 2. The third kappa shape index (κ3) is 3.63. The smallest absolute Gasteiger partial charge is 0.183 e. The summed E-state index contributed by atoms with van der Waals surface area (Å²) >= 11 is 5.98. The number of hydrogen-bond acceptors (Lipinski definition) is 5. The lowest BCUT2D eigenvalue weighted by atomic mass is 10.3. The normalized spacial score (nSPS) is 18.3. The Morgan fingerprint density at radius 1 is 1.25 bits per heavy atom. The van der Waals surface area contributed by atoms with Crippen LogP contribution in [0.15, 0.2) is 23.1 Å². The number of likely N-dealkylation sites (N-methyl/N-ethyl adjacent to an activating group) is 1. The molecule has 0 amide bonds. The van der Waals surface area contributed by atoms with Crippen LogP contribution >= 0.6 is 11.6 Å². The molecule has 0 spiro atoms. The molecule has 1 fully saturated rings. The molecule has 1 aliphatic rings. The van der Waals surface area contributed by atoms with E-state index in [9.17, 15) is 8.42 Å². The molecule has 1 saturated heterocycles. The van der Waals surface area contributed by atoms with E-state index in [1.54, 1.807) is 18.2 Å². The highest BCUT2D eigenvalue weighted by atomic mass is 35.5. The number of rotatable bonds is 4. The maximum absolute atomic E-state index is 12.4. The molecule has 20 heavy (non-hydrogen) atoms. The van der Waals surface area contributed by atoms with Crippen molar-refractivity contribution in [3.05, 3.63) is 23.2 Å². The lowest BCUT2D eigenvalue weighted by Crippen LogP contribution is -2.45. The molecule has 1 aromatic rings. The molecule has 1 aromatic carbocycles. The van der Waals surface area contributed by atoms with Gasteiger partial charge in [-0.3, -0.25) is 4.90 Å². The minimum Gasteiger partial charge on any atom is -0.398 e. The van der Waals surface area contributed by atoms with Crippen LogP contribution in [-0.2, 0) is 9.84 Å². The van der Waals surface area contributed by atoms with Crippen LogP contribution in [0.3, 0.4) is 0 Å². The summed E-state index contributed by atoms with van der Waals surface area (Å²) in [6, 6.07) is 4.77. The maximum Gasteiger partial charge on any atom is 0.183 e. The Kier molecular flexibility index (Phi) is 4.90. The van der Waals surface area contributed by atoms with Crippen LogP contribution < -0.4 is 5.73 Å². The summed E-state index contributed by atoms with van der Waals surface area (Å²) in [7, 11) is -1.38. The molecule has 0 aliphatic carbocycles. The van der Waals surface area contributed by atoms with Gasteiger partial charge in [0.1, 0.15) is 4.90 Å². The third-order valence-corrected chi connectivity index (χ3v) is 5.81. The van der Waals surface area contributed by atoms with E-state index in [0.29, 0.717) is 6.54 Å². The monoisotopic (exact) mass is 317 g/mol. The average Bonchev–Trinajstić information content (AvgIpc) is 2.37. The highest BCUT2D eigenvalue weighted by molar-refractivity contribution is 7.91. The molecule has 7 heteroatoms. The number of benzene rings is 1. The van der Waals surface area contributed by atoms with Gasteiger partial charge in [0.15, 0.2) is 9.84 Å². The molecular formula is C13H20ClN3O2S. The van der Waals surface area contributed by atoms with Gasteiger partial charge in [-0.15, -0.1) is 0 Å². The van der Waals surface area contributed by atoms with Gasteiger partial charge >= 0.3 is 0 Å². The van der Waals surface area contributed by atoms with Crippen molar-refractivity contribution < 1.29 is 8.42 Å². The Morgan fingerprint density at radius 3 is 2.50 bits per heavy atom. The molecule has 2 N–H and O–H groups in total. The van der Waals surface area contributed by atoms with Crippen LogP contribution in [0, 0.1) is 0 Å². The Hall–Kier alpha value is -0.820. The molecule has 1 heterocycles. The van der Waals surface area contributed by atoms with E-state index in [-0.39, 0.29) is 21.4 Å². The van der Waals surface area contributed by atoms with Gasteiger partial charge in [-0.25, -0.2) is 8.42 Å². The second-order valence-corrected chi connectivity index (χ2v) is 7.58. The SMILES string of the molecule is CN1CCN(CCS(=O)(=O)c2c(N)cccc2Cl)CC1. The Morgan fingerprint density at radius 2 is 1.90 bits per heavy atom. The Labute approximate surface area is 125 Å². The third-order valence-electron chi connectivity index (χ3n) is 3.58. The van der Waals surface area contributed by atoms with Gasteiger partial charge in [-0.05, 0) is 19.2 Å². The zero-order valence-corrected chi connectivity index (χ0v) is 13.1. The molecule has 0 aromatic heterocycles. The van der Waals surface area contributed by atoms with Crippen molar-refractivity contribution in [2.45, 2.75) is 4.90 Å². The molecule has 112 valence electrons. The molecule has 0 bridgehead atoms. The van der Waals surface area contributed by atoms with Crippen molar-refractivity contribution in [3.63, 3.8) is 0 Å². The number of nitrogens with two attached hydrogens (primary N) is 1. The molecular weight excluding hydrogens is 298 g/mol. The predicted octanol–water partition coefficient (Wildman–Crippen LogP) is 0.943. The van der Waals surface area contributed by atoms with E-state index in [1.165, 1.54) is 0 Å². The molecule has 1 aliphatic heterocycles. The van der Waals surface area contributed by atoms with E-state index in [2.05, 4.69) is 16.8 Å². The van der Waals surface area contributed by atoms with Crippen molar-refractivity contribution in [3.8, 4) is 0 Å². The highest BCUT2D eigenvalue weighted by Crippen LogP contribution is 2.28. The number of nitrogen functional groups attached to an aromatic ring is 1. The molecule has 0 atom stereocenters. The van der Waals surface area contributed by atoms with Crippen molar-refractivity contribution in [2.24, 2.45) is 0 Å². The van der Waals surface area contributed by atoms with Gasteiger partial charge in [0, 0.05) is 32.7 Å². The van der Waals surface area contributed by atoms with E-state index in [1.807, 2.05) is 0 Å². The van der Waals surface area contributed by atoms with Crippen LogP contribution in [0.2, 0.25) is 5.02 Å². The molecule has 0 saturated carbocycles. The second kappa shape index (κ2) is 6.30. The van der Waals surface area contributed by atoms with Crippen LogP contribution in [0.25, 0.3) is 0 Å². The highest BCUT2D eigenvalue weighted by Gasteiger charge is 2.23. The quantitative estimate of drug-likeness (QED) is 0.837. The van der Waals surface area contributed by atoms with Gasteiger partial charge in [0.05, 0.1) is 16.5 Å². The Bertz CT molecular complexity index is 549. The zero-order valence-electron chi connectivity index (χ0n) is 11.5. The van der Waals surface area contributed by atoms with Gasteiger partial charge in [-0.1, -0.05) is 17.7 Å². The van der Waals surface area contributed by atoms with E-state index >= 15 is 0 Å². The van der Waals surface area contributed by atoms with Crippen LogP contribution in [-0.4, -0.2) is 63.7 Å². The first-order valence-electron chi connectivity index (χ1n) is 6.58. The summed E-state index contributed by atoms with van der Waals surface area (Å²) in [6.07, 6.45) is 0. The van der Waals surface area contributed by atoms with Crippen molar-refractivity contribution >= 4 is 27.1 Å².